The minimum atomic E-state index is 0.278. The molecule has 0 saturated heterocycles. The molecule has 0 bridgehead atoms. The van der Waals surface area contributed by atoms with Crippen molar-refractivity contribution in [2.75, 3.05) is 7.11 Å². The molecule has 126 valence electrons. The van der Waals surface area contributed by atoms with Crippen molar-refractivity contribution in [2.45, 2.75) is 32.7 Å². The molecule has 0 radical (unpaired) electrons. The van der Waals surface area contributed by atoms with Gasteiger partial charge in [-0.3, -0.25) is 0 Å². The maximum Gasteiger partial charge on any atom is 0.179 e. The summed E-state index contributed by atoms with van der Waals surface area (Å²) in [5.41, 5.74) is 2.46. The van der Waals surface area contributed by atoms with E-state index in [4.69, 9.17) is 27.9 Å². The van der Waals surface area contributed by atoms with E-state index < -0.39 is 0 Å². The van der Waals surface area contributed by atoms with E-state index in [0.29, 0.717) is 17.2 Å². The van der Waals surface area contributed by atoms with Crippen molar-refractivity contribution < 1.29 is 4.74 Å². The van der Waals surface area contributed by atoms with Crippen LogP contribution in [0.1, 0.15) is 31.2 Å². The van der Waals surface area contributed by atoms with Gasteiger partial charge in [-0.2, -0.15) is 0 Å². The number of nitrogens with zero attached hydrogens (tertiary/aromatic N) is 4. The number of hydrogen-bond acceptors (Lipinski definition) is 4. The molecule has 0 N–H and O–H groups in total. The first-order chi connectivity index (χ1) is 11.6. The zero-order valence-corrected chi connectivity index (χ0v) is 15.1. The first kappa shape index (κ1) is 17.0. The van der Waals surface area contributed by atoms with E-state index in [1.54, 1.807) is 7.11 Å². The molecule has 0 unspecified atom stereocenters. The number of halogens is 2. The number of imidazole rings is 1. The van der Waals surface area contributed by atoms with Crippen molar-refractivity contribution in [1.82, 2.24) is 19.7 Å². The molecule has 3 rings (SSSR count). The van der Waals surface area contributed by atoms with Gasteiger partial charge in [-0.05, 0) is 24.1 Å². The van der Waals surface area contributed by atoms with Crippen LogP contribution >= 0.6 is 23.2 Å². The normalized spacial score (nSPS) is 11.2. The summed E-state index contributed by atoms with van der Waals surface area (Å²) < 4.78 is 7.29. The molecule has 3 aromatic rings. The Morgan fingerprint density at radius 2 is 1.79 bits per heavy atom. The highest BCUT2D eigenvalue weighted by molar-refractivity contribution is 6.37. The highest BCUT2D eigenvalue weighted by Gasteiger charge is 2.18. The average molecular weight is 365 g/mol. The number of benzene rings is 1. The van der Waals surface area contributed by atoms with E-state index >= 15 is 0 Å². The van der Waals surface area contributed by atoms with Gasteiger partial charge in [0.25, 0.3) is 0 Å². The lowest BCUT2D eigenvalue weighted by molar-refractivity contribution is 0.414. The second kappa shape index (κ2) is 7.36. The SMILES string of the molecule is CCCCc1nc2c(Cl)nnc(Cl)c2n1Cc1ccc(OC)cc1. The summed E-state index contributed by atoms with van der Waals surface area (Å²) >= 11 is 12.4. The van der Waals surface area contributed by atoms with E-state index in [2.05, 4.69) is 26.7 Å². The predicted molar refractivity (Wildman–Crippen MR) is 96.1 cm³/mol. The molecule has 7 heteroatoms. The van der Waals surface area contributed by atoms with Crippen molar-refractivity contribution in [2.24, 2.45) is 0 Å². The molecule has 0 aliphatic rings. The molecule has 0 aliphatic heterocycles. The van der Waals surface area contributed by atoms with E-state index in [9.17, 15) is 0 Å². The van der Waals surface area contributed by atoms with Crippen LogP contribution in [0.4, 0.5) is 0 Å². The molecule has 2 aromatic heterocycles. The number of aryl methyl sites for hydroxylation is 1. The Kier molecular flexibility index (Phi) is 5.21. The van der Waals surface area contributed by atoms with Gasteiger partial charge in [-0.1, -0.05) is 48.7 Å². The Labute approximate surface area is 150 Å². The molecule has 5 nitrogen and oxygen atoms in total. The zero-order chi connectivity index (χ0) is 17.1. The third kappa shape index (κ3) is 3.32. The molecule has 1 aromatic carbocycles. The van der Waals surface area contributed by atoms with Crippen LogP contribution in [0.25, 0.3) is 11.0 Å². The molecular weight excluding hydrogens is 347 g/mol. The van der Waals surface area contributed by atoms with E-state index in [-0.39, 0.29) is 5.15 Å². The summed E-state index contributed by atoms with van der Waals surface area (Å²) in [6, 6.07) is 7.93. The summed E-state index contributed by atoms with van der Waals surface area (Å²) in [4.78, 5) is 4.66. The monoisotopic (exact) mass is 364 g/mol. The van der Waals surface area contributed by atoms with Crippen LogP contribution in [0.3, 0.4) is 0 Å². The Morgan fingerprint density at radius 3 is 2.46 bits per heavy atom. The molecule has 0 aliphatic carbocycles. The summed E-state index contributed by atoms with van der Waals surface area (Å²) in [5, 5.41) is 8.39. The van der Waals surface area contributed by atoms with Crippen LogP contribution in [0, 0.1) is 0 Å². The Bertz CT molecular complexity index is 846. The second-order valence-electron chi connectivity index (χ2n) is 5.54. The highest BCUT2D eigenvalue weighted by Crippen LogP contribution is 2.28. The fraction of sp³-hybridized carbons (Fsp3) is 0.353. The van der Waals surface area contributed by atoms with Crippen molar-refractivity contribution in [3.8, 4) is 5.75 Å². The maximum absolute atomic E-state index is 6.28. The van der Waals surface area contributed by atoms with Crippen LogP contribution < -0.4 is 4.74 Å². The molecule has 0 spiro atoms. The molecule has 0 saturated carbocycles. The van der Waals surface area contributed by atoms with Gasteiger partial charge in [-0.15, -0.1) is 10.2 Å². The van der Waals surface area contributed by atoms with Crippen LogP contribution in [0.5, 0.6) is 5.75 Å². The summed E-state index contributed by atoms with van der Waals surface area (Å²) in [6.45, 7) is 2.79. The van der Waals surface area contributed by atoms with E-state index in [1.165, 1.54) is 0 Å². The van der Waals surface area contributed by atoms with Gasteiger partial charge in [0, 0.05) is 13.0 Å². The molecule has 2 heterocycles. The van der Waals surface area contributed by atoms with Crippen LogP contribution in [0.15, 0.2) is 24.3 Å². The lowest BCUT2D eigenvalue weighted by Gasteiger charge is -2.10. The lowest BCUT2D eigenvalue weighted by atomic mass is 10.2. The number of hydrogen-bond donors (Lipinski definition) is 0. The van der Waals surface area contributed by atoms with Crippen LogP contribution in [0.2, 0.25) is 10.3 Å². The Balaban J connectivity index is 2.07. The summed E-state index contributed by atoms with van der Waals surface area (Å²) in [5.74, 6) is 1.77. The highest BCUT2D eigenvalue weighted by atomic mass is 35.5. The second-order valence-corrected chi connectivity index (χ2v) is 6.26. The smallest absolute Gasteiger partial charge is 0.179 e. The van der Waals surface area contributed by atoms with Gasteiger partial charge in [0.2, 0.25) is 0 Å². The van der Waals surface area contributed by atoms with Gasteiger partial charge in [0.1, 0.15) is 22.6 Å². The minimum absolute atomic E-state index is 0.278. The van der Waals surface area contributed by atoms with Gasteiger partial charge in [0.15, 0.2) is 10.3 Å². The topological polar surface area (TPSA) is 52.8 Å². The summed E-state index contributed by atoms with van der Waals surface area (Å²) in [7, 11) is 1.65. The molecule has 0 atom stereocenters. The fourth-order valence-electron chi connectivity index (χ4n) is 2.64. The first-order valence-electron chi connectivity index (χ1n) is 7.83. The van der Waals surface area contributed by atoms with Crippen molar-refractivity contribution >= 4 is 34.2 Å². The van der Waals surface area contributed by atoms with Gasteiger partial charge in [-0.25, -0.2) is 4.98 Å². The standard InChI is InChI=1S/C17H18Cl2N4O/c1-3-4-5-13-20-14-15(17(19)22-21-16(14)18)23(13)10-11-6-8-12(24-2)9-7-11/h6-9H,3-5,10H2,1-2H3. The minimum Gasteiger partial charge on any atom is -0.497 e. The third-order valence-electron chi connectivity index (χ3n) is 3.92. The first-order valence-corrected chi connectivity index (χ1v) is 8.59. The number of rotatable bonds is 6. The van der Waals surface area contributed by atoms with Crippen molar-refractivity contribution in [3.63, 3.8) is 0 Å². The van der Waals surface area contributed by atoms with Crippen LogP contribution in [-0.4, -0.2) is 26.9 Å². The Hall–Kier alpha value is -1.85. The molecule has 0 fully saturated rings. The van der Waals surface area contributed by atoms with Crippen molar-refractivity contribution in [1.29, 1.82) is 0 Å². The Morgan fingerprint density at radius 1 is 1.08 bits per heavy atom. The molecule has 24 heavy (non-hydrogen) atoms. The molecular formula is C17H18Cl2N4O. The third-order valence-corrected chi connectivity index (χ3v) is 4.43. The number of aromatic nitrogens is 4. The predicted octanol–water partition coefficient (Wildman–Crippen LogP) is 4.53. The number of methoxy groups -OCH3 is 1. The molecule has 0 amide bonds. The largest absolute Gasteiger partial charge is 0.497 e. The number of fused-ring (bicyclic) bond motifs is 1. The van der Waals surface area contributed by atoms with E-state index in [1.807, 2.05) is 24.3 Å². The summed E-state index contributed by atoms with van der Waals surface area (Å²) in [6.07, 6.45) is 2.99. The van der Waals surface area contributed by atoms with Gasteiger partial charge in [0.05, 0.1) is 7.11 Å². The fourth-order valence-corrected chi connectivity index (χ4v) is 3.04. The van der Waals surface area contributed by atoms with Gasteiger partial charge < -0.3 is 9.30 Å². The average Bonchev–Trinajstić information content (AvgIpc) is 2.96. The van der Waals surface area contributed by atoms with Crippen LogP contribution in [-0.2, 0) is 13.0 Å². The number of unbranched alkanes of at least 4 members (excludes halogenated alkanes) is 1. The van der Waals surface area contributed by atoms with E-state index in [0.717, 1.165) is 41.9 Å². The quantitative estimate of drug-likeness (QED) is 0.644. The lowest BCUT2D eigenvalue weighted by Crippen LogP contribution is -2.06. The zero-order valence-electron chi connectivity index (χ0n) is 13.6. The maximum atomic E-state index is 6.28. The van der Waals surface area contributed by atoms with Gasteiger partial charge >= 0.3 is 0 Å². The number of ether oxygens (including phenoxy) is 1. The van der Waals surface area contributed by atoms with Crippen molar-refractivity contribution in [3.05, 3.63) is 46.0 Å².